The normalized spacial score (nSPS) is 15.1. The van der Waals surface area contributed by atoms with Crippen LogP contribution in [0, 0.1) is 0 Å². The van der Waals surface area contributed by atoms with Crippen molar-refractivity contribution in [3.8, 4) is 0 Å². The van der Waals surface area contributed by atoms with Gasteiger partial charge in [0.05, 0.1) is 6.61 Å². The summed E-state index contributed by atoms with van der Waals surface area (Å²) in [4.78, 5) is 13.3. The Kier molecular flexibility index (Phi) is 4.61. The molecule has 0 atom stereocenters. The first-order valence-corrected chi connectivity index (χ1v) is 6.94. The van der Waals surface area contributed by atoms with Crippen LogP contribution in [-0.4, -0.2) is 30.7 Å². The summed E-state index contributed by atoms with van der Waals surface area (Å²) in [5, 5.41) is 0. The third kappa shape index (κ3) is 3.37. The van der Waals surface area contributed by atoms with Crippen molar-refractivity contribution in [1.29, 1.82) is 0 Å². The van der Waals surface area contributed by atoms with E-state index < -0.39 is 0 Å². The Labute approximate surface area is 114 Å². The molecule has 0 saturated heterocycles. The van der Waals surface area contributed by atoms with Gasteiger partial charge in [-0.3, -0.25) is 0 Å². The summed E-state index contributed by atoms with van der Waals surface area (Å²) in [5.41, 5.74) is 3.94. The van der Waals surface area contributed by atoms with Crippen LogP contribution < -0.4 is 0 Å². The lowest BCUT2D eigenvalue weighted by Crippen LogP contribution is -2.35. The zero-order valence-electron chi connectivity index (χ0n) is 11.7. The first-order chi connectivity index (χ1) is 9.24. The summed E-state index contributed by atoms with van der Waals surface area (Å²) in [5.74, 6) is 0. The van der Waals surface area contributed by atoms with E-state index in [0.29, 0.717) is 13.2 Å². The number of hydrogen-bond acceptors (Lipinski definition) is 2. The minimum Gasteiger partial charge on any atom is -0.450 e. The predicted molar refractivity (Wildman–Crippen MR) is 77.0 cm³/mol. The highest BCUT2D eigenvalue weighted by Gasteiger charge is 2.18. The average molecular weight is 259 g/mol. The monoisotopic (exact) mass is 259 g/mol. The number of ether oxygens (including phenoxy) is 1. The lowest BCUT2D eigenvalue weighted by atomic mass is 9.98. The van der Waals surface area contributed by atoms with Crippen LogP contribution in [0.1, 0.15) is 31.4 Å². The van der Waals surface area contributed by atoms with Crippen molar-refractivity contribution in [3.63, 3.8) is 0 Å². The van der Waals surface area contributed by atoms with Crippen LogP contribution in [0.25, 0.3) is 5.57 Å². The Balaban J connectivity index is 2.01. The smallest absolute Gasteiger partial charge is 0.410 e. The first kappa shape index (κ1) is 13.7. The molecule has 1 aliphatic heterocycles. The summed E-state index contributed by atoms with van der Waals surface area (Å²) in [7, 11) is 0. The topological polar surface area (TPSA) is 29.5 Å². The molecule has 0 fully saturated rings. The Morgan fingerprint density at radius 2 is 2.00 bits per heavy atom. The fourth-order valence-electron chi connectivity index (χ4n) is 2.27. The van der Waals surface area contributed by atoms with E-state index in [4.69, 9.17) is 4.74 Å². The van der Waals surface area contributed by atoms with E-state index in [0.717, 1.165) is 19.4 Å². The maximum atomic E-state index is 11.6. The molecule has 1 heterocycles. The van der Waals surface area contributed by atoms with Crippen LogP contribution in [0.15, 0.2) is 30.3 Å². The molecule has 1 aliphatic rings. The van der Waals surface area contributed by atoms with Crippen LogP contribution in [0.3, 0.4) is 0 Å². The standard InChI is InChI=1S/C16H21NO2/c1-3-13-5-7-14(8-6-13)15-9-11-17(12-10-15)16(18)19-4-2/h5-9H,3-4,10-12H2,1-2H3. The van der Waals surface area contributed by atoms with Crippen LogP contribution in [0.5, 0.6) is 0 Å². The Hall–Kier alpha value is -1.77. The summed E-state index contributed by atoms with van der Waals surface area (Å²) < 4.78 is 5.01. The van der Waals surface area contributed by atoms with Gasteiger partial charge in [-0.05, 0) is 36.5 Å². The van der Waals surface area contributed by atoms with Crippen LogP contribution in [0.2, 0.25) is 0 Å². The van der Waals surface area contributed by atoms with Crippen LogP contribution in [-0.2, 0) is 11.2 Å². The number of amides is 1. The van der Waals surface area contributed by atoms with E-state index in [1.807, 2.05) is 6.92 Å². The Morgan fingerprint density at radius 1 is 1.26 bits per heavy atom. The number of hydrogen-bond donors (Lipinski definition) is 0. The third-order valence-electron chi connectivity index (χ3n) is 3.47. The zero-order chi connectivity index (χ0) is 13.7. The van der Waals surface area contributed by atoms with Crippen molar-refractivity contribution in [1.82, 2.24) is 4.90 Å². The van der Waals surface area contributed by atoms with E-state index in [1.165, 1.54) is 16.7 Å². The highest BCUT2D eigenvalue weighted by molar-refractivity contribution is 5.72. The minimum atomic E-state index is -0.209. The molecule has 0 radical (unpaired) electrons. The molecule has 0 saturated carbocycles. The van der Waals surface area contributed by atoms with Gasteiger partial charge in [-0.2, -0.15) is 0 Å². The molecule has 102 valence electrons. The van der Waals surface area contributed by atoms with Crippen molar-refractivity contribution in [3.05, 3.63) is 41.5 Å². The molecular formula is C16H21NO2. The van der Waals surface area contributed by atoms with E-state index in [-0.39, 0.29) is 6.09 Å². The largest absolute Gasteiger partial charge is 0.450 e. The third-order valence-corrected chi connectivity index (χ3v) is 3.47. The average Bonchev–Trinajstić information content (AvgIpc) is 2.48. The van der Waals surface area contributed by atoms with Gasteiger partial charge in [0.15, 0.2) is 0 Å². The molecule has 0 spiro atoms. The number of nitrogens with zero attached hydrogens (tertiary/aromatic N) is 1. The quantitative estimate of drug-likeness (QED) is 0.831. The van der Waals surface area contributed by atoms with Crippen molar-refractivity contribution in [2.24, 2.45) is 0 Å². The lowest BCUT2D eigenvalue weighted by Gasteiger charge is -2.25. The molecule has 0 aromatic heterocycles. The van der Waals surface area contributed by atoms with Gasteiger partial charge in [0, 0.05) is 13.1 Å². The molecule has 0 N–H and O–H groups in total. The Morgan fingerprint density at radius 3 is 2.53 bits per heavy atom. The van der Waals surface area contributed by atoms with Gasteiger partial charge >= 0.3 is 6.09 Å². The lowest BCUT2D eigenvalue weighted by molar-refractivity contribution is 0.111. The first-order valence-electron chi connectivity index (χ1n) is 6.94. The highest BCUT2D eigenvalue weighted by Crippen LogP contribution is 2.23. The fraction of sp³-hybridized carbons (Fsp3) is 0.438. The van der Waals surface area contributed by atoms with Gasteiger partial charge in [-0.1, -0.05) is 37.3 Å². The van der Waals surface area contributed by atoms with Crippen molar-refractivity contribution in [2.45, 2.75) is 26.7 Å². The van der Waals surface area contributed by atoms with E-state index >= 15 is 0 Å². The SMILES string of the molecule is CCOC(=O)N1CC=C(c2ccc(CC)cc2)CC1. The van der Waals surface area contributed by atoms with Crippen LogP contribution in [0.4, 0.5) is 4.79 Å². The zero-order valence-corrected chi connectivity index (χ0v) is 11.7. The summed E-state index contributed by atoms with van der Waals surface area (Å²) in [6, 6.07) is 8.69. The van der Waals surface area contributed by atoms with Gasteiger partial charge in [0.1, 0.15) is 0 Å². The maximum Gasteiger partial charge on any atom is 0.410 e. The van der Waals surface area contributed by atoms with Gasteiger partial charge in [-0.15, -0.1) is 0 Å². The molecule has 2 rings (SSSR count). The number of carbonyl (C=O) groups is 1. The molecule has 1 aromatic carbocycles. The molecule has 0 bridgehead atoms. The van der Waals surface area contributed by atoms with E-state index in [9.17, 15) is 4.79 Å². The Bertz CT molecular complexity index is 462. The number of carbonyl (C=O) groups excluding carboxylic acids is 1. The van der Waals surface area contributed by atoms with Crippen molar-refractivity contribution < 1.29 is 9.53 Å². The molecular weight excluding hydrogens is 238 g/mol. The molecule has 3 heteroatoms. The van der Waals surface area contributed by atoms with Gasteiger partial charge in [0.25, 0.3) is 0 Å². The summed E-state index contributed by atoms with van der Waals surface area (Å²) >= 11 is 0. The number of rotatable bonds is 3. The van der Waals surface area contributed by atoms with Crippen molar-refractivity contribution in [2.75, 3.05) is 19.7 Å². The minimum absolute atomic E-state index is 0.209. The number of benzene rings is 1. The second-order valence-corrected chi connectivity index (χ2v) is 4.67. The van der Waals surface area contributed by atoms with Gasteiger partial charge < -0.3 is 9.64 Å². The van der Waals surface area contributed by atoms with Gasteiger partial charge in [-0.25, -0.2) is 4.79 Å². The van der Waals surface area contributed by atoms with E-state index in [2.05, 4.69) is 37.3 Å². The van der Waals surface area contributed by atoms with Crippen molar-refractivity contribution >= 4 is 11.7 Å². The second-order valence-electron chi connectivity index (χ2n) is 4.67. The van der Waals surface area contributed by atoms with Crippen LogP contribution >= 0.6 is 0 Å². The number of aryl methyl sites for hydroxylation is 1. The highest BCUT2D eigenvalue weighted by atomic mass is 16.6. The second kappa shape index (κ2) is 6.41. The van der Waals surface area contributed by atoms with E-state index in [1.54, 1.807) is 4.90 Å². The molecule has 0 aliphatic carbocycles. The molecule has 19 heavy (non-hydrogen) atoms. The summed E-state index contributed by atoms with van der Waals surface area (Å²) in [6.45, 7) is 5.80. The van der Waals surface area contributed by atoms with Gasteiger partial charge in [0.2, 0.25) is 0 Å². The molecule has 3 nitrogen and oxygen atoms in total. The molecule has 1 amide bonds. The summed E-state index contributed by atoms with van der Waals surface area (Å²) in [6.07, 6.45) is 3.88. The maximum absolute atomic E-state index is 11.6. The molecule has 0 unspecified atom stereocenters. The molecule has 1 aromatic rings. The fourth-order valence-corrected chi connectivity index (χ4v) is 2.27. The predicted octanol–water partition coefficient (Wildman–Crippen LogP) is 3.49.